The van der Waals surface area contributed by atoms with Crippen LogP contribution in [-0.2, 0) is 15.1 Å². The Morgan fingerprint density at radius 2 is 1.85 bits per heavy atom. The van der Waals surface area contributed by atoms with E-state index in [1.54, 1.807) is 0 Å². The lowest BCUT2D eigenvalue weighted by atomic mass is 9.83. The standard InChI is InChI=1S/C23H36O3/c1-4-6-11-18-23(25,17-7-5-2)21-15-12-14-20(19-21)13-9-8-10-16-22(24)26-3/h9,12-15,19,25H,4-8,10-11,16-18H2,1-3H3/b13-9-. The van der Waals surface area contributed by atoms with Crippen LogP contribution in [0.4, 0.5) is 0 Å². The summed E-state index contributed by atoms with van der Waals surface area (Å²) in [5.41, 5.74) is 1.41. The molecule has 0 spiro atoms. The summed E-state index contributed by atoms with van der Waals surface area (Å²) in [6.07, 6.45) is 13.4. The first kappa shape index (κ1) is 22.4. The third-order valence-electron chi connectivity index (χ3n) is 4.85. The van der Waals surface area contributed by atoms with E-state index in [0.717, 1.165) is 68.9 Å². The number of esters is 1. The van der Waals surface area contributed by atoms with Crippen molar-refractivity contribution in [3.05, 3.63) is 41.5 Å². The van der Waals surface area contributed by atoms with Gasteiger partial charge in [0, 0.05) is 6.42 Å². The van der Waals surface area contributed by atoms with Crippen LogP contribution in [0.3, 0.4) is 0 Å². The van der Waals surface area contributed by atoms with Gasteiger partial charge in [0.15, 0.2) is 0 Å². The molecule has 0 fully saturated rings. The minimum atomic E-state index is -0.722. The summed E-state index contributed by atoms with van der Waals surface area (Å²) in [6.45, 7) is 4.36. The Morgan fingerprint density at radius 1 is 1.12 bits per heavy atom. The van der Waals surface area contributed by atoms with E-state index in [2.05, 4.69) is 48.9 Å². The van der Waals surface area contributed by atoms with Gasteiger partial charge in [-0.3, -0.25) is 4.79 Å². The normalized spacial score (nSPS) is 13.7. The molecule has 0 bridgehead atoms. The van der Waals surface area contributed by atoms with Crippen LogP contribution in [-0.4, -0.2) is 18.2 Å². The molecular weight excluding hydrogens is 324 g/mol. The summed E-state index contributed by atoms with van der Waals surface area (Å²) in [4.78, 5) is 11.1. The van der Waals surface area contributed by atoms with Crippen molar-refractivity contribution in [1.82, 2.24) is 0 Å². The zero-order chi connectivity index (χ0) is 19.3. The number of rotatable bonds is 13. The Labute approximate surface area is 159 Å². The molecule has 0 saturated heterocycles. The van der Waals surface area contributed by atoms with Gasteiger partial charge in [0.1, 0.15) is 0 Å². The molecule has 146 valence electrons. The number of carbonyl (C=O) groups is 1. The predicted octanol–water partition coefficient (Wildman–Crippen LogP) is 6.00. The summed E-state index contributed by atoms with van der Waals surface area (Å²) < 4.78 is 4.65. The molecule has 0 heterocycles. The maximum atomic E-state index is 11.3. The van der Waals surface area contributed by atoms with Gasteiger partial charge in [0.2, 0.25) is 0 Å². The minimum Gasteiger partial charge on any atom is -0.469 e. The monoisotopic (exact) mass is 360 g/mol. The third-order valence-corrected chi connectivity index (χ3v) is 4.85. The first-order valence-corrected chi connectivity index (χ1v) is 10.1. The largest absolute Gasteiger partial charge is 0.469 e. The second-order valence-corrected chi connectivity index (χ2v) is 7.09. The highest BCUT2D eigenvalue weighted by Gasteiger charge is 2.27. The molecule has 1 unspecified atom stereocenters. The summed E-state index contributed by atoms with van der Waals surface area (Å²) in [5, 5.41) is 11.3. The topological polar surface area (TPSA) is 46.5 Å². The fourth-order valence-electron chi connectivity index (χ4n) is 3.17. The van der Waals surface area contributed by atoms with Crippen molar-refractivity contribution in [2.75, 3.05) is 7.11 Å². The molecule has 0 aliphatic rings. The average Bonchev–Trinajstić information content (AvgIpc) is 2.66. The SMILES string of the molecule is CCCCCC(O)(CCCC)c1cccc(/C=C\CCCC(=O)OC)c1. The molecular formula is C23H36O3. The van der Waals surface area contributed by atoms with Gasteiger partial charge < -0.3 is 9.84 Å². The number of unbranched alkanes of at least 4 members (excludes halogenated alkanes) is 4. The molecule has 0 aliphatic carbocycles. The van der Waals surface area contributed by atoms with E-state index in [-0.39, 0.29) is 5.97 Å². The van der Waals surface area contributed by atoms with E-state index < -0.39 is 5.60 Å². The van der Waals surface area contributed by atoms with Crippen LogP contribution in [0.25, 0.3) is 6.08 Å². The molecule has 26 heavy (non-hydrogen) atoms. The van der Waals surface area contributed by atoms with Crippen LogP contribution in [0, 0.1) is 0 Å². The fourth-order valence-corrected chi connectivity index (χ4v) is 3.17. The number of benzene rings is 1. The summed E-state index contributed by atoms with van der Waals surface area (Å²) in [6, 6.07) is 8.25. The van der Waals surface area contributed by atoms with E-state index >= 15 is 0 Å². The number of aliphatic hydroxyl groups is 1. The smallest absolute Gasteiger partial charge is 0.305 e. The van der Waals surface area contributed by atoms with Gasteiger partial charge in [-0.25, -0.2) is 0 Å². The minimum absolute atomic E-state index is 0.159. The highest BCUT2D eigenvalue weighted by atomic mass is 16.5. The number of methoxy groups -OCH3 is 1. The van der Waals surface area contributed by atoms with Crippen LogP contribution in [0.5, 0.6) is 0 Å². The van der Waals surface area contributed by atoms with Crippen molar-refractivity contribution in [2.45, 2.75) is 83.7 Å². The molecule has 1 aromatic rings. The van der Waals surface area contributed by atoms with E-state index in [1.807, 2.05) is 6.07 Å². The molecule has 0 amide bonds. The molecule has 3 heteroatoms. The lowest BCUT2D eigenvalue weighted by Gasteiger charge is -2.29. The van der Waals surface area contributed by atoms with Gasteiger partial charge in [-0.1, -0.05) is 76.3 Å². The second kappa shape index (κ2) is 12.7. The van der Waals surface area contributed by atoms with Gasteiger partial charge in [-0.2, -0.15) is 0 Å². The first-order chi connectivity index (χ1) is 12.6. The molecule has 0 radical (unpaired) electrons. The van der Waals surface area contributed by atoms with Crippen molar-refractivity contribution in [3.63, 3.8) is 0 Å². The summed E-state index contributed by atoms with van der Waals surface area (Å²) >= 11 is 0. The third kappa shape index (κ3) is 8.18. The summed E-state index contributed by atoms with van der Waals surface area (Å²) in [7, 11) is 1.42. The maximum absolute atomic E-state index is 11.3. The number of hydrogen-bond donors (Lipinski definition) is 1. The molecule has 1 aromatic carbocycles. The number of allylic oxidation sites excluding steroid dienone is 1. The van der Waals surface area contributed by atoms with E-state index in [1.165, 1.54) is 7.11 Å². The van der Waals surface area contributed by atoms with Crippen LogP contribution in [0.15, 0.2) is 30.3 Å². The van der Waals surface area contributed by atoms with Gasteiger partial charge in [-0.15, -0.1) is 0 Å². The predicted molar refractivity (Wildman–Crippen MR) is 109 cm³/mol. The number of ether oxygens (including phenoxy) is 1. The number of carbonyl (C=O) groups excluding carboxylic acids is 1. The maximum Gasteiger partial charge on any atom is 0.305 e. The Balaban J connectivity index is 2.74. The molecule has 0 aliphatic heterocycles. The quantitative estimate of drug-likeness (QED) is 0.346. The Hall–Kier alpha value is -1.61. The molecule has 0 saturated carbocycles. The van der Waals surface area contributed by atoms with Crippen molar-refractivity contribution in [3.8, 4) is 0 Å². The van der Waals surface area contributed by atoms with Crippen LogP contribution in [0.1, 0.15) is 89.2 Å². The summed E-state index contributed by atoms with van der Waals surface area (Å²) in [5.74, 6) is -0.159. The van der Waals surface area contributed by atoms with E-state index in [9.17, 15) is 9.90 Å². The van der Waals surface area contributed by atoms with E-state index in [0.29, 0.717) is 6.42 Å². The molecule has 3 nitrogen and oxygen atoms in total. The highest BCUT2D eigenvalue weighted by Crippen LogP contribution is 2.33. The van der Waals surface area contributed by atoms with Crippen LogP contribution < -0.4 is 0 Å². The highest BCUT2D eigenvalue weighted by molar-refractivity contribution is 5.69. The Kier molecular flexibility index (Phi) is 11.0. The Morgan fingerprint density at radius 3 is 2.54 bits per heavy atom. The molecule has 1 atom stereocenters. The van der Waals surface area contributed by atoms with Crippen molar-refractivity contribution < 1.29 is 14.6 Å². The fraction of sp³-hybridized carbons (Fsp3) is 0.609. The van der Waals surface area contributed by atoms with Crippen molar-refractivity contribution in [2.24, 2.45) is 0 Å². The number of hydrogen-bond acceptors (Lipinski definition) is 3. The lowest BCUT2D eigenvalue weighted by Crippen LogP contribution is -2.25. The van der Waals surface area contributed by atoms with Gasteiger partial charge >= 0.3 is 5.97 Å². The zero-order valence-electron chi connectivity index (χ0n) is 16.8. The van der Waals surface area contributed by atoms with Gasteiger partial charge in [-0.05, 0) is 42.9 Å². The zero-order valence-corrected chi connectivity index (χ0v) is 16.8. The second-order valence-electron chi connectivity index (χ2n) is 7.09. The van der Waals surface area contributed by atoms with E-state index in [4.69, 9.17) is 0 Å². The molecule has 1 rings (SSSR count). The molecule has 0 aromatic heterocycles. The van der Waals surface area contributed by atoms with Crippen molar-refractivity contribution >= 4 is 12.0 Å². The first-order valence-electron chi connectivity index (χ1n) is 10.1. The van der Waals surface area contributed by atoms with Crippen LogP contribution >= 0.6 is 0 Å². The van der Waals surface area contributed by atoms with Crippen LogP contribution in [0.2, 0.25) is 0 Å². The van der Waals surface area contributed by atoms with Gasteiger partial charge in [0.05, 0.1) is 12.7 Å². The lowest BCUT2D eigenvalue weighted by molar-refractivity contribution is -0.140. The van der Waals surface area contributed by atoms with Gasteiger partial charge in [0.25, 0.3) is 0 Å². The average molecular weight is 361 g/mol. The van der Waals surface area contributed by atoms with Crippen molar-refractivity contribution in [1.29, 1.82) is 0 Å². The molecule has 1 N–H and O–H groups in total. The Bertz CT molecular complexity index is 550.